The van der Waals surface area contributed by atoms with Crippen molar-refractivity contribution in [1.82, 2.24) is 24.1 Å². The van der Waals surface area contributed by atoms with Crippen LogP contribution in [0.1, 0.15) is 5.56 Å². The molecule has 0 saturated carbocycles. The van der Waals surface area contributed by atoms with Gasteiger partial charge in [0.2, 0.25) is 0 Å². The minimum absolute atomic E-state index is 0.206. The fourth-order valence-corrected chi connectivity index (χ4v) is 5.62. The first-order valence-electron chi connectivity index (χ1n) is 12.7. The van der Waals surface area contributed by atoms with Crippen molar-refractivity contribution in [2.24, 2.45) is 0 Å². The van der Waals surface area contributed by atoms with Crippen LogP contribution in [-0.2, 0) is 6.18 Å². The van der Waals surface area contributed by atoms with Crippen LogP contribution in [0.4, 0.5) is 13.2 Å². The summed E-state index contributed by atoms with van der Waals surface area (Å²) >= 11 is 6.62. The van der Waals surface area contributed by atoms with Gasteiger partial charge < -0.3 is 4.98 Å². The van der Waals surface area contributed by atoms with Crippen LogP contribution in [0.2, 0.25) is 5.02 Å². The molecule has 7 nitrogen and oxygen atoms in total. The van der Waals surface area contributed by atoms with E-state index in [1.807, 2.05) is 30.3 Å². The molecule has 42 heavy (non-hydrogen) atoms. The number of rotatable bonds is 3. The van der Waals surface area contributed by atoms with E-state index < -0.39 is 23.0 Å². The minimum atomic E-state index is -4.67. The van der Waals surface area contributed by atoms with Gasteiger partial charge in [-0.25, -0.2) is 18.9 Å². The van der Waals surface area contributed by atoms with Crippen molar-refractivity contribution in [2.75, 3.05) is 0 Å². The van der Waals surface area contributed by atoms with E-state index in [4.69, 9.17) is 11.6 Å². The van der Waals surface area contributed by atoms with Gasteiger partial charge in [-0.1, -0.05) is 66.2 Å². The number of aromatic amines is 1. The third-order valence-corrected chi connectivity index (χ3v) is 7.51. The van der Waals surface area contributed by atoms with E-state index in [-0.39, 0.29) is 27.1 Å². The Bertz CT molecular complexity index is 2320. The maximum atomic E-state index is 13.9. The summed E-state index contributed by atoms with van der Waals surface area (Å²) in [5.41, 5.74) is -0.180. The number of nitrogens with zero attached hydrogens (tertiary/aromatic N) is 4. The van der Waals surface area contributed by atoms with Crippen LogP contribution in [0.5, 0.6) is 0 Å². The minimum Gasteiger partial charge on any atom is -0.306 e. The lowest BCUT2D eigenvalue weighted by Crippen LogP contribution is -2.33. The molecular formula is C31H17ClF3N5O2. The summed E-state index contributed by atoms with van der Waals surface area (Å²) in [4.78, 5) is 33.5. The Kier molecular flexibility index (Phi) is 5.77. The van der Waals surface area contributed by atoms with Crippen molar-refractivity contribution in [3.8, 4) is 27.9 Å². The molecule has 0 amide bonds. The van der Waals surface area contributed by atoms with Crippen LogP contribution < -0.4 is 11.2 Å². The first-order valence-corrected chi connectivity index (χ1v) is 13.1. The van der Waals surface area contributed by atoms with E-state index in [2.05, 4.69) is 15.1 Å². The normalized spacial score (nSPS) is 12.0. The van der Waals surface area contributed by atoms with Crippen molar-refractivity contribution in [2.45, 2.75) is 6.18 Å². The second-order valence-corrected chi connectivity index (χ2v) is 10.1. The largest absolute Gasteiger partial charge is 0.420 e. The molecule has 1 N–H and O–H groups in total. The summed E-state index contributed by atoms with van der Waals surface area (Å²) in [5, 5.41) is 6.05. The molecule has 0 bridgehead atoms. The lowest BCUT2D eigenvalue weighted by molar-refractivity contribution is -0.136. The van der Waals surface area contributed by atoms with Gasteiger partial charge in [0, 0.05) is 27.7 Å². The Morgan fingerprint density at radius 1 is 0.833 bits per heavy atom. The van der Waals surface area contributed by atoms with Crippen molar-refractivity contribution in [3.63, 3.8) is 0 Å². The number of pyridine rings is 1. The van der Waals surface area contributed by atoms with Gasteiger partial charge in [0.15, 0.2) is 5.65 Å². The number of H-pyrrole nitrogens is 1. The van der Waals surface area contributed by atoms with E-state index in [1.54, 1.807) is 48.5 Å². The number of benzene rings is 4. The molecule has 3 heterocycles. The highest BCUT2D eigenvalue weighted by Crippen LogP contribution is 2.41. The molecule has 0 unspecified atom stereocenters. The zero-order valence-corrected chi connectivity index (χ0v) is 22.1. The molecule has 0 spiro atoms. The van der Waals surface area contributed by atoms with Gasteiger partial charge in [-0.05, 0) is 46.8 Å². The van der Waals surface area contributed by atoms with Crippen LogP contribution in [0, 0.1) is 0 Å². The maximum absolute atomic E-state index is 13.9. The van der Waals surface area contributed by atoms with Gasteiger partial charge in [-0.2, -0.15) is 18.3 Å². The highest BCUT2D eigenvalue weighted by atomic mass is 35.5. The topological polar surface area (TPSA) is 85.1 Å². The summed E-state index contributed by atoms with van der Waals surface area (Å²) in [7, 11) is 0. The monoisotopic (exact) mass is 583 g/mol. The van der Waals surface area contributed by atoms with Crippen molar-refractivity contribution < 1.29 is 13.2 Å². The molecule has 0 aliphatic heterocycles. The Morgan fingerprint density at radius 2 is 1.62 bits per heavy atom. The van der Waals surface area contributed by atoms with Crippen molar-refractivity contribution in [1.29, 1.82) is 0 Å². The van der Waals surface area contributed by atoms with Crippen LogP contribution in [0.3, 0.4) is 0 Å². The van der Waals surface area contributed by atoms with Gasteiger partial charge in [-0.15, -0.1) is 0 Å². The van der Waals surface area contributed by atoms with Crippen LogP contribution in [-0.4, -0.2) is 24.1 Å². The third-order valence-electron chi connectivity index (χ3n) is 7.20. The Labute approximate surface area is 239 Å². The lowest BCUT2D eigenvalue weighted by Gasteiger charge is -2.15. The summed E-state index contributed by atoms with van der Waals surface area (Å²) in [5.74, 6) is 0. The molecule has 0 saturated heterocycles. The number of hydrogen-bond acceptors (Lipinski definition) is 4. The predicted octanol–water partition coefficient (Wildman–Crippen LogP) is 6.88. The van der Waals surface area contributed by atoms with Crippen molar-refractivity contribution in [3.05, 3.63) is 129 Å². The molecular weight excluding hydrogens is 567 g/mol. The molecule has 3 aromatic heterocycles. The summed E-state index contributed by atoms with van der Waals surface area (Å²) in [6.45, 7) is 0. The van der Waals surface area contributed by atoms with Gasteiger partial charge in [-0.3, -0.25) is 4.79 Å². The predicted molar refractivity (Wildman–Crippen MR) is 155 cm³/mol. The summed E-state index contributed by atoms with van der Waals surface area (Å²) < 4.78 is 43.9. The number of aromatic nitrogens is 5. The number of nitrogens with one attached hydrogen (secondary N) is 1. The molecule has 0 radical (unpaired) electrons. The third kappa shape index (κ3) is 4.07. The van der Waals surface area contributed by atoms with E-state index in [0.29, 0.717) is 22.4 Å². The van der Waals surface area contributed by atoms with E-state index in [0.717, 1.165) is 32.2 Å². The number of hydrogen-bond donors (Lipinski definition) is 1. The van der Waals surface area contributed by atoms with Crippen LogP contribution in [0.15, 0.2) is 107 Å². The lowest BCUT2D eigenvalue weighted by atomic mass is 9.94. The number of fused-ring (bicyclic) bond motifs is 3. The molecule has 11 heteroatoms. The van der Waals surface area contributed by atoms with Gasteiger partial charge in [0.05, 0.1) is 16.6 Å². The van der Waals surface area contributed by atoms with E-state index >= 15 is 0 Å². The maximum Gasteiger partial charge on any atom is 0.420 e. The van der Waals surface area contributed by atoms with Gasteiger partial charge in [0.25, 0.3) is 5.56 Å². The Balaban J connectivity index is 1.43. The highest BCUT2D eigenvalue weighted by Gasteiger charge is 2.35. The summed E-state index contributed by atoms with van der Waals surface area (Å²) in [6.07, 6.45) is -2.17. The smallest absolute Gasteiger partial charge is 0.306 e. The average Bonchev–Trinajstić information content (AvgIpc) is 3.44. The van der Waals surface area contributed by atoms with Crippen LogP contribution >= 0.6 is 11.6 Å². The number of alkyl halides is 3. The van der Waals surface area contributed by atoms with E-state index in [1.165, 1.54) is 6.20 Å². The molecule has 0 fully saturated rings. The first-order chi connectivity index (χ1) is 20.2. The quantitative estimate of drug-likeness (QED) is 0.246. The zero-order chi connectivity index (χ0) is 29.2. The number of halogens is 4. The fourth-order valence-electron chi connectivity index (χ4n) is 5.34. The highest BCUT2D eigenvalue weighted by molar-refractivity contribution is 6.34. The molecule has 206 valence electrons. The summed E-state index contributed by atoms with van der Waals surface area (Å²) in [6, 6.07) is 23.5. The van der Waals surface area contributed by atoms with Gasteiger partial charge in [0.1, 0.15) is 11.9 Å². The SMILES string of the molecule is O=c1[nH]c2cc(-c3c(Cl)cccc3-c3cc(C(F)(F)F)c4ncnn4c3)ccc2c(=O)n1-c1cccc2ccccc12. The standard InChI is InChI=1S/C31H17ClF3N5O2/c32-24-9-4-8-21(19-13-23(31(33,34)35)28-36-16-37-39(28)15-19)27(24)18-11-12-22-25(14-18)38-30(42)40(29(22)41)26-10-3-6-17-5-1-2-7-20(17)26/h1-16H,(H,38,42). The second kappa shape index (κ2) is 9.42. The Morgan fingerprint density at radius 3 is 2.45 bits per heavy atom. The van der Waals surface area contributed by atoms with E-state index in [9.17, 15) is 22.8 Å². The van der Waals surface area contributed by atoms with Crippen molar-refractivity contribution >= 4 is 38.9 Å². The average molecular weight is 584 g/mol. The zero-order valence-electron chi connectivity index (χ0n) is 21.4. The van der Waals surface area contributed by atoms with Crippen LogP contribution in [0.25, 0.3) is 55.3 Å². The first kappa shape index (κ1) is 25.7. The molecule has 4 aromatic carbocycles. The molecule has 7 rings (SSSR count). The molecule has 0 atom stereocenters. The molecule has 7 aromatic rings. The second-order valence-electron chi connectivity index (χ2n) is 9.66. The molecule has 0 aliphatic rings. The molecule has 0 aliphatic carbocycles. The van der Waals surface area contributed by atoms with Gasteiger partial charge >= 0.3 is 11.9 Å². The Hall–Kier alpha value is -5.22. The fraction of sp³-hybridized carbons (Fsp3) is 0.0323.